The highest BCUT2D eigenvalue weighted by Gasteiger charge is 2.24. The second-order valence-corrected chi connectivity index (χ2v) is 7.69. The van der Waals surface area contributed by atoms with Gasteiger partial charge in [0.1, 0.15) is 11.5 Å². The highest BCUT2D eigenvalue weighted by molar-refractivity contribution is 5.80. The number of amides is 2. The summed E-state index contributed by atoms with van der Waals surface area (Å²) in [6.45, 7) is 6.27. The fourth-order valence-corrected chi connectivity index (χ4v) is 3.65. The van der Waals surface area contributed by atoms with Crippen LogP contribution in [0.5, 0.6) is 11.5 Å². The molecule has 166 valence electrons. The van der Waals surface area contributed by atoms with E-state index in [4.69, 9.17) is 9.47 Å². The van der Waals surface area contributed by atoms with Gasteiger partial charge in [0, 0.05) is 26.2 Å². The molecule has 1 aliphatic rings. The van der Waals surface area contributed by atoms with Gasteiger partial charge in [-0.3, -0.25) is 9.59 Å². The van der Waals surface area contributed by atoms with E-state index in [0.29, 0.717) is 31.9 Å². The number of carbonyl (C=O) groups excluding carboxylic acids is 2. The van der Waals surface area contributed by atoms with Crippen LogP contribution in [0.1, 0.15) is 31.4 Å². The van der Waals surface area contributed by atoms with Crippen molar-refractivity contribution in [1.29, 1.82) is 0 Å². The molecule has 2 aromatic carbocycles. The number of rotatable bonds is 9. The SMILES string of the molecule is CCCc1ccc(OCC(=O)N2CCN(C(=O)COc3ccccc3CC)CC2)cc1. The van der Waals surface area contributed by atoms with E-state index >= 15 is 0 Å². The molecule has 0 aromatic heterocycles. The summed E-state index contributed by atoms with van der Waals surface area (Å²) in [5, 5.41) is 0. The average Bonchev–Trinajstić information content (AvgIpc) is 2.82. The van der Waals surface area contributed by atoms with Crippen LogP contribution in [0, 0.1) is 0 Å². The van der Waals surface area contributed by atoms with Gasteiger partial charge in [0.15, 0.2) is 13.2 Å². The van der Waals surface area contributed by atoms with Crippen molar-refractivity contribution in [3.63, 3.8) is 0 Å². The number of piperazine rings is 1. The van der Waals surface area contributed by atoms with E-state index in [-0.39, 0.29) is 25.0 Å². The van der Waals surface area contributed by atoms with E-state index in [0.717, 1.165) is 30.6 Å². The fourth-order valence-electron chi connectivity index (χ4n) is 3.65. The zero-order valence-corrected chi connectivity index (χ0v) is 18.5. The summed E-state index contributed by atoms with van der Waals surface area (Å²) in [4.78, 5) is 28.5. The van der Waals surface area contributed by atoms with Crippen LogP contribution in [0.15, 0.2) is 48.5 Å². The summed E-state index contributed by atoms with van der Waals surface area (Å²) in [5.41, 5.74) is 2.36. The Labute approximate surface area is 184 Å². The number of hydrogen-bond acceptors (Lipinski definition) is 4. The molecule has 0 atom stereocenters. The summed E-state index contributed by atoms with van der Waals surface area (Å²) in [6, 6.07) is 15.7. The Morgan fingerprint density at radius 1 is 0.806 bits per heavy atom. The van der Waals surface area contributed by atoms with Gasteiger partial charge >= 0.3 is 0 Å². The van der Waals surface area contributed by atoms with Crippen LogP contribution in [-0.2, 0) is 22.4 Å². The molecule has 0 N–H and O–H groups in total. The highest BCUT2D eigenvalue weighted by Crippen LogP contribution is 2.18. The van der Waals surface area contributed by atoms with E-state index in [1.54, 1.807) is 9.80 Å². The van der Waals surface area contributed by atoms with Crippen molar-refractivity contribution in [2.45, 2.75) is 33.1 Å². The van der Waals surface area contributed by atoms with Crippen LogP contribution in [0.3, 0.4) is 0 Å². The van der Waals surface area contributed by atoms with Crippen LogP contribution in [0.2, 0.25) is 0 Å². The maximum atomic E-state index is 12.5. The lowest BCUT2D eigenvalue weighted by Crippen LogP contribution is -2.52. The van der Waals surface area contributed by atoms with Gasteiger partial charge in [-0.05, 0) is 42.2 Å². The van der Waals surface area contributed by atoms with E-state index in [1.165, 1.54) is 5.56 Å². The number of ether oxygens (including phenoxy) is 2. The van der Waals surface area contributed by atoms with Crippen molar-refractivity contribution >= 4 is 11.8 Å². The Hall–Kier alpha value is -3.02. The number of para-hydroxylation sites is 1. The van der Waals surface area contributed by atoms with Gasteiger partial charge in [0.25, 0.3) is 11.8 Å². The largest absolute Gasteiger partial charge is 0.484 e. The third-order valence-electron chi connectivity index (χ3n) is 5.51. The number of benzene rings is 2. The lowest BCUT2D eigenvalue weighted by atomic mass is 10.1. The van der Waals surface area contributed by atoms with E-state index in [9.17, 15) is 9.59 Å². The Morgan fingerprint density at radius 2 is 1.39 bits per heavy atom. The zero-order chi connectivity index (χ0) is 22.1. The Bertz CT molecular complexity index is 858. The minimum absolute atomic E-state index is 0.0119. The molecule has 1 aliphatic heterocycles. The first-order valence-electron chi connectivity index (χ1n) is 11.1. The molecule has 0 spiro atoms. The van der Waals surface area contributed by atoms with Gasteiger partial charge < -0.3 is 19.3 Å². The molecule has 1 fully saturated rings. The normalized spacial score (nSPS) is 13.7. The van der Waals surface area contributed by atoms with Crippen LogP contribution >= 0.6 is 0 Å². The first-order valence-corrected chi connectivity index (χ1v) is 11.1. The highest BCUT2D eigenvalue weighted by atomic mass is 16.5. The van der Waals surface area contributed by atoms with Crippen molar-refractivity contribution in [2.24, 2.45) is 0 Å². The minimum atomic E-state index is -0.0575. The van der Waals surface area contributed by atoms with E-state index < -0.39 is 0 Å². The molecule has 31 heavy (non-hydrogen) atoms. The van der Waals surface area contributed by atoms with Gasteiger partial charge in [-0.15, -0.1) is 0 Å². The molecule has 0 saturated carbocycles. The van der Waals surface area contributed by atoms with E-state index in [1.807, 2.05) is 48.5 Å². The lowest BCUT2D eigenvalue weighted by molar-refractivity contribution is -0.141. The summed E-state index contributed by atoms with van der Waals surface area (Å²) in [7, 11) is 0. The summed E-state index contributed by atoms with van der Waals surface area (Å²) in [6.07, 6.45) is 3.00. The maximum absolute atomic E-state index is 12.5. The molecule has 0 aliphatic carbocycles. The van der Waals surface area contributed by atoms with Crippen LogP contribution in [-0.4, -0.2) is 61.0 Å². The fraction of sp³-hybridized carbons (Fsp3) is 0.440. The second kappa shape index (κ2) is 11.4. The van der Waals surface area contributed by atoms with Gasteiger partial charge in [-0.1, -0.05) is 50.6 Å². The molecule has 1 heterocycles. The zero-order valence-electron chi connectivity index (χ0n) is 18.5. The molecule has 6 heteroatoms. The average molecular weight is 425 g/mol. The molecule has 0 unspecified atom stereocenters. The van der Waals surface area contributed by atoms with Gasteiger partial charge in [0.05, 0.1) is 0 Å². The first-order chi connectivity index (χ1) is 15.1. The predicted molar refractivity (Wildman–Crippen MR) is 120 cm³/mol. The van der Waals surface area contributed by atoms with Gasteiger partial charge in [-0.25, -0.2) is 0 Å². The molecule has 3 rings (SSSR count). The molecule has 0 radical (unpaired) electrons. The van der Waals surface area contributed by atoms with Crippen molar-refractivity contribution < 1.29 is 19.1 Å². The molecule has 0 bridgehead atoms. The Balaban J connectivity index is 1.40. The predicted octanol–water partition coefficient (Wildman–Crippen LogP) is 3.33. The molecular weight excluding hydrogens is 392 g/mol. The van der Waals surface area contributed by atoms with Crippen molar-refractivity contribution in [3.8, 4) is 11.5 Å². The van der Waals surface area contributed by atoms with Gasteiger partial charge in [0.2, 0.25) is 0 Å². The molecule has 6 nitrogen and oxygen atoms in total. The third kappa shape index (κ3) is 6.48. The van der Waals surface area contributed by atoms with Crippen LogP contribution in [0.4, 0.5) is 0 Å². The quantitative estimate of drug-likeness (QED) is 0.620. The number of aryl methyl sites for hydroxylation is 2. The molecule has 2 aromatic rings. The smallest absolute Gasteiger partial charge is 0.260 e. The number of carbonyl (C=O) groups is 2. The summed E-state index contributed by atoms with van der Waals surface area (Å²) in [5.74, 6) is 1.35. The molecular formula is C25H32N2O4. The Morgan fingerprint density at radius 3 is 1.97 bits per heavy atom. The first kappa shape index (κ1) is 22.7. The maximum Gasteiger partial charge on any atom is 0.260 e. The summed E-state index contributed by atoms with van der Waals surface area (Å²) < 4.78 is 11.4. The molecule has 2 amide bonds. The topological polar surface area (TPSA) is 59.1 Å². The second-order valence-electron chi connectivity index (χ2n) is 7.69. The number of nitrogens with zero attached hydrogens (tertiary/aromatic N) is 2. The van der Waals surface area contributed by atoms with Crippen LogP contribution in [0.25, 0.3) is 0 Å². The lowest BCUT2D eigenvalue weighted by Gasteiger charge is -2.34. The number of hydrogen-bond donors (Lipinski definition) is 0. The molecule has 1 saturated heterocycles. The third-order valence-corrected chi connectivity index (χ3v) is 5.51. The van der Waals surface area contributed by atoms with Crippen molar-refractivity contribution in [3.05, 3.63) is 59.7 Å². The Kier molecular flexibility index (Phi) is 8.33. The van der Waals surface area contributed by atoms with Crippen molar-refractivity contribution in [1.82, 2.24) is 9.80 Å². The van der Waals surface area contributed by atoms with Gasteiger partial charge in [-0.2, -0.15) is 0 Å². The van der Waals surface area contributed by atoms with E-state index in [2.05, 4.69) is 13.8 Å². The summed E-state index contributed by atoms with van der Waals surface area (Å²) >= 11 is 0. The minimum Gasteiger partial charge on any atom is -0.484 e. The van der Waals surface area contributed by atoms with Crippen LogP contribution < -0.4 is 9.47 Å². The van der Waals surface area contributed by atoms with Crippen molar-refractivity contribution in [2.75, 3.05) is 39.4 Å². The monoisotopic (exact) mass is 424 g/mol. The standard InChI is InChI=1S/C25H32N2O4/c1-3-7-20-10-12-22(13-11-20)30-18-24(28)26-14-16-27(17-15-26)25(29)19-31-23-9-6-5-8-21(23)4-2/h5-6,8-13H,3-4,7,14-19H2,1-2H3.